The van der Waals surface area contributed by atoms with Crippen molar-refractivity contribution in [1.29, 1.82) is 0 Å². The van der Waals surface area contributed by atoms with Crippen molar-refractivity contribution in [3.05, 3.63) is 267 Å². The van der Waals surface area contributed by atoms with E-state index in [0.717, 1.165) is 34.1 Å². The molecule has 2 aliphatic heterocycles. The maximum absolute atomic E-state index is 2.64. The van der Waals surface area contributed by atoms with Crippen LogP contribution in [0.15, 0.2) is 267 Å². The number of hydrogen-bond donors (Lipinski definition) is 0. The number of para-hydroxylation sites is 2. The number of anilines is 8. The molecule has 11 aromatic carbocycles. The predicted octanol–water partition coefficient (Wildman–Crippen LogP) is 17.2. The molecule has 1 aromatic heterocycles. The normalized spacial score (nSPS) is 12.4. The Hall–Kier alpha value is -8.90. The van der Waals surface area contributed by atoms with E-state index in [-0.39, 0.29) is 6.85 Å². The van der Waals surface area contributed by atoms with Gasteiger partial charge in [0.05, 0.1) is 5.69 Å². The van der Waals surface area contributed by atoms with E-state index in [1.807, 2.05) is 11.3 Å². The van der Waals surface area contributed by atoms with Crippen LogP contribution in [0.1, 0.15) is 0 Å². The third kappa shape index (κ3) is 6.88. The summed E-state index contributed by atoms with van der Waals surface area (Å²) in [5.74, 6) is 0. The smallest absolute Gasteiger partial charge is 0.333 e. The number of rotatable bonds is 8. The average Bonchev–Trinajstić information content (AvgIpc) is 3.83. The number of nitrogens with zero attached hydrogens (tertiary/aromatic N) is 3. The van der Waals surface area contributed by atoms with Crippen LogP contribution in [-0.2, 0) is 0 Å². The molecule has 71 heavy (non-hydrogen) atoms. The molecule has 0 amide bonds. The van der Waals surface area contributed by atoms with Gasteiger partial charge in [0.1, 0.15) is 0 Å². The quantitative estimate of drug-likeness (QED) is 0.141. The minimum absolute atomic E-state index is 0.185. The highest BCUT2D eigenvalue weighted by atomic mass is 32.1. The number of thiophene rings is 1. The van der Waals surface area contributed by atoms with Gasteiger partial charge in [-0.15, -0.1) is 11.3 Å². The molecule has 14 rings (SSSR count). The van der Waals surface area contributed by atoms with Crippen LogP contribution >= 0.6 is 11.3 Å². The van der Waals surface area contributed by atoms with Crippen LogP contribution < -0.4 is 25.5 Å². The van der Waals surface area contributed by atoms with Crippen LogP contribution in [0.3, 0.4) is 0 Å². The second kappa shape index (κ2) is 17.0. The highest BCUT2D eigenvalue weighted by Gasteiger charge is 2.46. The lowest BCUT2D eigenvalue weighted by Crippen LogP contribution is -2.61. The van der Waals surface area contributed by atoms with E-state index in [0.29, 0.717) is 0 Å². The summed E-state index contributed by atoms with van der Waals surface area (Å²) in [5.41, 5.74) is 21.3. The van der Waals surface area contributed by atoms with Gasteiger partial charge in [-0.1, -0.05) is 182 Å². The van der Waals surface area contributed by atoms with Gasteiger partial charge in [0.25, 0.3) is 0 Å². The van der Waals surface area contributed by atoms with E-state index in [4.69, 9.17) is 0 Å². The fourth-order valence-electron chi connectivity index (χ4n) is 11.2. The average molecular weight is 922 g/mol. The van der Waals surface area contributed by atoms with E-state index >= 15 is 0 Å². The molecule has 0 aliphatic carbocycles. The van der Waals surface area contributed by atoms with Crippen molar-refractivity contribution >= 4 is 94.8 Å². The molecule has 5 heteroatoms. The Morgan fingerprint density at radius 1 is 0.352 bits per heavy atom. The first-order chi connectivity index (χ1) is 35.2. The predicted molar refractivity (Wildman–Crippen MR) is 304 cm³/mol. The molecule has 0 radical (unpaired) electrons. The minimum atomic E-state index is -0.185. The van der Waals surface area contributed by atoms with E-state index in [1.54, 1.807) is 0 Å². The lowest BCUT2D eigenvalue weighted by molar-refractivity contribution is 1.25. The zero-order chi connectivity index (χ0) is 46.8. The maximum Gasteiger partial charge on any atom is 0.333 e. The van der Waals surface area contributed by atoms with Crippen molar-refractivity contribution < 1.29 is 0 Å². The molecule has 3 heterocycles. The van der Waals surface area contributed by atoms with Crippen molar-refractivity contribution in [2.75, 3.05) is 14.6 Å². The van der Waals surface area contributed by atoms with Crippen LogP contribution in [0.2, 0.25) is 0 Å². The minimum Gasteiger partial charge on any atom is -0.376 e. The highest BCUT2D eigenvalue weighted by Crippen LogP contribution is 2.53. The first-order valence-corrected chi connectivity index (χ1v) is 25.2. The van der Waals surface area contributed by atoms with Crippen molar-refractivity contribution in [2.24, 2.45) is 0 Å². The van der Waals surface area contributed by atoms with Gasteiger partial charge in [0, 0.05) is 65.5 Å². The first kappa shape index (κ1) is 41.1. The molecule has 0 saturated heterocycles. The lowest BCUT2D eigenvalue weighted by Gasteiger charge is -2.46. The molecule has 2 aliphatic rings. The monoisotopic (exact) mass is 921 g/mol. The summed E-state index contributed by atoms with van der Waals surface area (Å²) >= 11 is 1.89. The molecule has 12 aromatic rings. The standard InChI is InChI=1S/C66H44BN3S/c1-6-19-45(20-7-1)48-33-36-53(37-34-48)69-61-43-54(68(51-26-12-4-13-27-51)52-28-14-5-15-29-52)38-39-59(61)67-65-58(44-63-64(66(65)69)56-31-16-17-32-62(56)71-63)57-42-50(47-23-10-3-11-24-47)35-40-60(57)70(67)55-30-18-25-49(41-55)46-21-8-2-9-22-46/h1-44H. The molecule has 332 valence electrons. The van der Waals surface area contributed by atoms with Gasteiger partial charge in [-0.05, 0) is 135 Å². The molecule has 0 N–H and O–H groups in total. The second-order valence-corrected chi connectivity index (χ2v) is 19.5. The van der Waals surface area contributed by atoms with Crippen LogP contribution in [-0.4, -0.2) is 6.85 Å². The summed E-state index contributed by atoms with van der Waals surface area (Å²) in [6, 6.07) is 98.1. The van der Waals surface area contributed by atoms with E-state index in [1.165, 1.54) is 87.0 Å². The summed E-state index contributed by atoms with van der Waals surface area (Å²) in [6.07, 6.45) is 0. The van der Waals surface area contributed by atoms with Crippen molar-refractivity contribution in [1.82, 2.24) is 0 Å². The molecule has 0 saturated carbocycles. The fourth-order valence-corrected chi connectivity index (χ4v) is 12.4. The summed E-state index contributed by atoms with van der Waals surface area (Å²) in [4.78, 5) is 7.63. The summed E-state index contributed by atoms with van der Waals surface area (Å²) in [5, 5.41) is 2.55. The largest absolute Gasteiger partial charge is 0.376 e. The topological polar surface area (TPSA) is 9.72 Å². The van der Waals surface area contributed by atoms with Gasteiger partial charge >= 0.3 is 6.85 Å². The highest BCUT2D eigenvalue weighted by molar-refractivity contribution is 7.26. The number of hydrogen-bond acceptors (Lipinski definition) is 4. The van der Waals surface area contributed by atoms with Crippen LogP contribution in [0.25, 0.3) is 64.7 Å². The molecule has 0 unspecified atom stereocenters. The number of fused-ring (bicyclic) bond motifs is 8. The number of benzene rings is 11. The van der Waals surface area contributed by atoms with Gasteiger partial charge < -0.3 is 14.6 Å². The van der Waals surface area contributed by atoms with Crippen LogP contribution in [0.5, 0.6) is 0 Å². The van der Waals surface area contributed by atoms with Gasteiger partial charge in [0.2, 0.25) is 0 Å². The van der Waals surface area contributed by atoms with Gasteiger partial charge in [0.15, 0.2) is 0 Å². The fraction of sp³-hybridized carbons (Fsp3) is 0. The first-order valence-electron chi connectivity index (χ1n) is 24.4. The van der Waals surface area contributed by atoms with Crippen molar-refractivity contribution in [2.45, 2.75) is 0 Å². The molecule has 0 fully saturated rings. The van der Waals surface area contributed by atoms with Gasteiger partial charge in [-0.25, -0.2) is 0 Å². The molecule has 0 bridgehead atoms. The van der Waals surface area contributed by atoms with E-state index in [9.17, 15) is 0 Å². The Morgan fingerprint density at radius 3 is 1.56 bits per heavy atom. The van der Waals surface area contributed by atoms with Crippen LogP contribution in [0.4, 0.5) is 45.5 Å². The van der Waals surface area contributed by atoms with Crippen molar-refractivity contribution in [3.63, 3.8) is 0 Å². The Kier molecular flexibility index (Phi) is 9.82. The second-order valence-electron chi connectivity index (χ2n) is 18.4. The molecular weight excluding hydrogens is 878 g/mol. The van der Waals surface area contributed by atoms with Gasteiger partial charge in [-0.2, -0.15) is 0 Å². The molecule has 0 spiro atoms. The molecular formula is C66H44BN3S. The third-order valence-electron chi connectivity index (χ3n) is 14.4. The Bertz CT molecular complexity index is 3900. The SMILES string of the molecule is c1ccc(-c2ccc(N3c4cc(N(c5ccccc5)c5ccccc5)ccc4B4c5c(cc6sc7ccccc7c6c53)-c3cc(-c5ccccc5)ccc3N4c3cccc(-c4ccccc4)c3)cc2)cc1. The van der Waals surface area contributed by atoms with Crippen molar-refractivity contribution in [3.8, 4) is 44.5 Å². The summed E-state index contributed by atoms with van der Waals surface area (Å²) in [7, 11) is 0. The summed E-state index contributed by atoms with van der Waals surface area (Å²) < 4.78 is 2.55. The molecule has 3 nitrogen and oxygen atoms in total. The summed E-state index contributed by atoms with van der Waals surface area (Å²) in [6.45, 7) is -0.185. The zero-order valence-electron chi connectivity index (χ0n) is 38.7. The molecule has 0 atom stereocenters. The Morgan fingerprint density at radius 2 is 0.901 bits per heavy atom. The Labute approximate surface area is 418 Å². The Balaban J connectivity index is 1.10. The maximum atomic E-state index is 2.64. The third-order valence-corrected chi connectivity index (χ3v) is 15.5. The zero-order valence-corrected chi connectivity index (χ0v) is 39.5. The van der Waals surface area contributed by atoms with Crippen LogP contribution in [0, 0.1) is 0 Å². The van der Waals surface area contributed by atoms with E-state index in [2.05, 4.69) is 282 Å². The van der Waals surface area contributed by atoms with Gasteiger partial charge in [-0.3, -0.25) is 0 Å². The van der Waals surface area contributed by atoms with E-state index < -0.39 is 0 Å². The lowest BCUT2D eigenvalue weighted by atomic mass is 9.43.